The van der Waals surface area contributed by atoms with Gasteiger partial charge < -0.3 is 5.73 Å². The van der Waals surface area contributed by atoms with Gasteiger partial charge in [-0.3, -0.25) is 5.41 Å². The van der Waals surface area contributed by atoms with E-state index in [0.29, 0.717) is 0 Å². The molecule has 0 aromatic heterocycles. The highest BCUT2D eigenvalue weighted by atomic mass is 127. The number of rotatable bonds is 0. The van der Waals surface area contributed by atoms with Gasteiger partial charge >= 0.3 is 0 Å². The lowest BCUT2D eigenvalue weighted by molar-refractivity contribution is 1.52. The third-order valence-corrected chi connectivity index (χ3v) is 0. The van der Waals surface area contributed by atoms with E-state index in [-0.39, 0.29) is 71.9 Å². The van der Waals surface area contributed by atoms with E-state index in [0.717, 1.165) is 6.34 Å². The Morgan fingerprint density at radius 2 is 1.17 bits per heavy atom. The first-order valence-electron chi connectivity index (χ1n) is 0.622. The molecule has 6 heavy (non-hydrogen) atoms. The van der Waals surface area contributed by atoms with Crippen LogP contribution in [0.15, 0.2) is 0 Å². The fraction of sp³-hybridized carbons (Fsp3) is 0. The second-order valence-electron chi connectivity index (χ2n) is 0.167. The zero-order valence-electron chi connectivity index (χ0n) is 2.88. The van der Waals surface area contributed by atoms with E-state index in [9.17, 15) is 0 Å². The van der Waals surface area contributed by atoms with Crippen molar-refractivity contribution >= 4 is 78.3 Å². The van der Waals surface area contributed by atoms with Gasteiger partial charge in [-0.25, -0.2) is 0 Å². The van der Waals surface area contributed by atoms with Gasteiger partial charge in [0.15, 0.2) is 0 Å². The zero-order valence-corrected chi connectivity index (χ0v) is 9.87. The summed E-state index contributed by atoms with van der Waals surface area (Å²) in [7, 11) is 0. The molecule has 0 fully saturated rings. The molecular weight excluding hydrogens is 421 g/mol. The number of hydrogen-bond acceptors (Lipinski definition) is 1. The molecule has 0 atom stereocenters. The van der Waals surface area contributed by atoms with Crippen molar-refractivity contribution in [1.29, 1.82) is 5.41 Å². The van der Waals surface area contributed by atoms with Gasteiger partial charge in [0, 0.05) is 0 Å². The van der Waals surface area contributed by atoms with Gasteiger partial charge in [0.1, 0.15) is 0 Å². The average molecular weight is 428 g/mol. The van der Waals surface area contributed by atoms with Crippen molar-refractivity contribution < 1.29 is 0 Å². The summed E-state index contributed by atoms with van der Waals surface area (Å²) in [4.78, 5) is 0. The van der Waals surface area contributed by atoms with Crippen LogP contribution in [-0.4, -0.2) is 6.34 Å². The van der Waals surface area contributed by atoms with Crippen LogP contribution < -0.4 is 5.73 Å². The summed E-state index contributed by atoms with van der Waals surface area (Å²) in [5.74, 6) is 0. The Labute approximate surface area is 88.2 Å². The van der Waals surface area contributed by atoms with E-state index in [2.05, 4.69) is 5.73 Å². The number of hydrogen-bond donors (Lipinski definition) is 2. The molecule has 0 radical (unpaired) electrons. The van der Waals surface area contributed by atoms with E-state index >= 15 is 0 Å². The van der Waals surface area contributed by atoms with Gasteiger partial charge in [-0.15, -0.1) is 71.9 Å². The Hall–Kier alpha value is 1.66. The lowest BCUT2D eigenvalue weighted by Crippen LogP contribution is -1.81. The minimum Gasteiger partial charge on any atom is -0.390 e. The monoisotopic (exact) mass is 428 g/mol. The van der Waals surface area contributed by atoms with Crippen LogP contribution in [0, 0.1) is 5.41 Å². The molecule has 0 aliphatic heterocycles. The first kappa shape index (κ1) is 25.4. The first-order valence-corrected chi connectivity index (χ1v) is 0.622. The maximum Gasteiger partial charge on any atom is 0.0765 e. The van der Waals surface area contributed by atoms with Crippen molar-refractivity contribution in [3.63, 3.8) is 0 Å². The molecule has 0 saturated heterocycles. The molecule has 0 bridgehead atoms. The van der Waals surface area contributed by atoms with Gasteiger partial charge in [-0.05, 0) is 0 Å². The topological polar surface area (TPSA) is 49.9 Å². The second-order valence-corrected chi connectivity index (χ2v) is 0.167. The SMILES string of the molecule is I.I.I.N=CN. The Morgan fingerprint density at radius 1 is 1.17 bits per heavy atom. The number of halogens is 3. The van der Waals surface area contributed by atoms with Crippen LogP contribution in [0.25, 0.3) is 0 Å². The van der Waals surface area contributed by atoms with Crippen LogP contribution in [-0.2, 0) is 0 Å². The Morgan fingerprint density at radius 3 is 1.17 bits per heavy atom. The van der Waals surface area contributed by atoms with Crippen molar-refractivity contribution in [2.24, 2.45) is 5.73 Å². The fourth-order valence-corrected chi connectivity index (χ4v) is 0. The normalized spacial score (nSPS) is 2.00. The predicted molar refractivity (Wildman–Crippen MR) is 59.2 cm³/mol. The molecule has 0 amide bonds. The standard InChI is InChI=1S/CH4N2.3HI/c2-1-3;;;/h1H,(H3,2,3);3*1H. The maximum atomic E-state index is 5.86. The van der Waals surface area contributed by atoms with E-state index < -0.39 is 0 Å². The van der Waals surface area contributed by atoms with Crippen molar-refractivity contribution in [2.75, 3.05) is 0 Å². The highest BCUT2D eigenvalue weighted by molar-refractivity contribution is 14.0. The molecule has 0 aliphatic carbocycles. The molecule has 0 saturated carbocycles. The van der Waals surface area contributed by atoms with Crippen molar-refractivity contribution in [3.8, 4) is 0 Å². The quantitative estimate of drug-likeness (QED) is 0.343. The minimum atomic E-state index is 0. The maximum absolute atomic E-state index is 5.86. The van der Waals surface area contributed by atoms with Crippen molar-refractivity contribution in [1.82, 2.24) is 0 Å². The molecule has 0 rings (SSSR count). The summed E-state index contributed by atoms with van der Waals surface area (Å²) in [5, 5.41) is 5.86. The summed E-state index contributed by atoms with van der Waals surface area (Å²) in [5.41, 5.74) is 4.39. The third-order valence-electron chi connectivity index (χ3n) is 0. The van der Waals surface area contributed by atoms with E-state index in [1.165, 1.54) is 0 Å². The summed E-state index contributed by atoms with van der Waals surface area (Å²) in [6.45, 7) is 0. The summed E-state index contributed by atoms with van der Waals surface area (Å²) >= 11 is 0. The van der Waals surface area contributed by atoms with Crippen LogP contribution >= 0.6 is 71.9 Å². The number of nitrogens with two attached hydrogens (primary N) is 1. The molecule has 0 spiro atoms. The molecule has 0 heterocycles. The molecule has 42 valence electrons. The summed E-state index contributed by atoms with van der Waals surface area (Å²) in [6.07, 6.45) is 0.750. The lowest BCUT2D eigenvalue weighted by atomic mass is 11.4. The smallest absolute Gasteiger partial charge is 0.0765 e. The summed E-state index contributed by atoms with van der Waals surface area (Å²) in [6, 6.07) is 0. The van der Waals surface area contributed by atoms with Crippen LogP contribution in [0.4, 0.5) is 0 Å². The molecule has 0 aliphatic rings. The highest BCUT2D eigenvalue weighted by Gasteiger charge is 1.10. The van der Waals surface area contributed by atoms with Crippen molar-refractivity contribution in [2.45, 2.75) is 0 Å². The lowest BCUT2D eigenvalue weighted by Gasteiger charge is -1.38. The molecule has 3 N–H and O–H groups in total. The van der Waals surface area contributed by atoms with Gasteiger partial charge in [-0.1, -0.05) is 0 Å². The largest absolute Gasteiger partial charge is 0.390 e. The van der Waals surface area contributed by atoms with Crippen LogP contribution in [0.5, 0.6) is 0 Å². The van der Waals surface area contributed by atoms with Crippen LogP contribution in [0.3, 0.4) is 0 Å². The van der Waals surface area contributed by atoms with E-state index in [1.807, 2.05) is 0 Å². The zero-order chi connectivity index (χ0) is 2.71. The average Bonchev–Trinajstić information content (AvgIpc) is 0.918. The predicted octanol–water partition coefficient (Wildman–Crippen LogP) is 1.41. The molecule has 0 unspecified atom stereocenters. The first-order chi connectivity index (χ1) is 1.41. The van der Waals surface area contributed by atoms with Crippen LogP contribution in [0.2, 0.25) is 0 Å². The molecule has 0 aromatic carbocycles. The van der Waals surface area contributed by atoms with E-state index in [4.69, 9.17) is 5.41 Å². The molecule has 0 aromatic rings. The second kappa shape index (κ2) is 30.2. The van der Waals surface area contributed by atoms with Gasteiger partial charge in [0.25, 0.3) is 0 Å². The fourth-order valence-electron chi connectivity index (χ4n) is 0. The Balaban J connectivity index is -0.00000000667. The highest BCUT2D eigenvalue weighted by Crippen LogP contribution is 0.889. The van der Waals surface area contributed by atoms with Gasteiger partial charge in [0.05, 0.1) is 6.34 Å². The molecule has 2 nitrogen and oxygen atoms in total. The third kappa shape index (κ3) is 44.6. The molecular formula is CH7I3N2. The Kier molecular flexibility index (Phi) is 127. The minimum absolute atomic E-state index is 0. The van der Waals surface area contributed by atoms with Crippen molar-refractivity contribution in [3.05, 3.63) is 0 Å². The number of nitrogens with one attached hydrogen (secondary N) is 1. The summed E-state index contributed by atoms with van der Waals surface area (Å²) < 4.78 is 0. The Bertz CT molecular complexity index is 16.3. The van der Waals surface area contributed by atoms with Gasteiger partial charge in [-0.2, -0.15) is 0 Å². The van der Waals surface area contributed by atoms with Gasteiger partial charge in [0.2, 0.25) is 0 Å². The van der Waals surface area contributed by atoms with E-state index in [1.54, 1.807) is 0 Å². The molecule has 5 heteroatoms. The van der Waals surface area contributed by atoms with Crippen LogP contribution in [0.1, 0.15) is 0 Å².